The number of amidine groups is 1. The highest BCUT2D eigenvalue weighted by Gasteiger charge is 2.32. The molecule has 1 fully saturated rings. The van der Waals surface area contributed by atoms with Crippen LogP contribution in [0.25, 0.3) is 0 Å². The number of nitrogens with zero attached hydrogens (tertiary/aromatic N) is 3. The fourth-order valence-electron chi connectivity index (χ4n) is 3.50. The average Bonchev–Trinajstić information content (AvgIpc) is 3.19. The van der Waals surface area contributed by atoms with Gasteiger partial charge in [0.05, 0.1) is 12.5 Å². The Balaban J connectivity index is 1.34. The third-order valence-corrected chi connectivity index (χ3v) is 5.79. The first-order valence-electron chi connectivity index (χ1n) is 8.94. The summed E-state index contributed by atoms with van der Waals surface area (Å²) in [6.07, 6.45) is 1.71. The van der Waals surface area contributed by atoms with Crippen LogP contribution in [0.5, 0.6) is 0 Å². The van der Waals surface area contributed by atoms with Crippen LogP contribution in [-0.4, -0.2) is 47.6 Å². The average molecular weight is 370 g/mol. The Labute approximate surface area is 157 Å². The van der Waals surface area contributed by atoms with Gasteiger partial charge in [0.2, 0.25) is 11.8 Å². The fourth-order valence-corrected chi connectivity index (χ4v) is 4.45. The molecule has 1 N–H and O–H groups in total. The summed E-state index contributed by atoms with van der Waals surface area (Å²) in [5.74, 6) is 0.0208. The number of carbonyl (C=O) groups is 2. The normalized spacial score (nSPS) is 22.2. The van der Waals surface area contributed by atoms with Crippen LogP contribution in [0.3, 0.4) is 0 Å². The van der Waals surface area contributed by atoms with E-state index < -0.39 is 0 Å². The van der Waals surface area contributed by atoms with Gasteiger partial charge in [0.15, 0.2) is 5.17 Å². The van der Waals surface area contributed by atoms with E-state index in [0.29, 0.717) is 19.4 Å². The molecule has 1 atom stereocenters. The molecule has 7 heteroatoms. The summed E-state index contributed by atoms with van der Waals surface area (Å²) in [5, 5.41) is 6.04. The van der Waals surface area contributed by atoms with Gasteiger partial charge in [-0.15, -0.1) is 0 Å². The van der Waals surface area contributed by atoms with Gasteiger partial charge >= 0.3 is 0 Å². The summed E-state index contributed by atoms with van der Waals surface area (Å²) in [4.78, 5) is 33.2. The fraction of sp³-hybridized carbons (Fsp3) is 0.421. The third kappa shape index (κ3) is 3.49. The molecule has 1 aromatic carbocycles. The van der Waals surface area contributed by atoms with E-state index in [-0.39, 0.29) is 17.9 Å². The number of aliphatic imine (C=N–C) groups is 1. The molecule has 0 radical (unpaired) electrons. The zero-order valence-electron chi connectivity index (χ0n) is 14.8. The standard InChI is InChI=1S/C19H22N4O2S/c1-13-3-5-15(6-4-13)23-11-14(9-18(23)25)21-17(24)10-16-12-26-19-20-7-2-8-22(16)19/h3-6,12,14H,2,7-11H2,1H3,(H,21,24)/t14-/m1/s1. The van der Waals surface area contributed by atoms with Crippen molar-refractivity contribution < 1.29 is 9.59 Å². The number of nitrogens with one attached hydrogen (secondary N) is 1. The van der Waals surface area contributed by atoms with Crippen LogP contribution in [0, 0.1) is 6.92 Å². The van der Waals surface area contributed by atoms with Gasteiger partial charge < -0.3 is 15.1 Å². The Kier molecular flexibility index (Phi) is 4.72. The zero-order valence-corrected chi connectivity index (χ0v) is 15.6. The maximum atomic E-state index is 12.5. The second-order valence-electron chi connectivity index (χ2n) is 6.88. The molecule has 0 spiro atoms. The number of benzene rings is 1. The lowest BCUT2D eigenvalue weighted by Gasteiger charge is -2.25. The van der Waals surface area contributed by atoms with Crippen LogP contribution in [0.2, 0.25) is 0 Å². The van der Waals surface area contributed by atoms with Crippen LogP contribution in [0.4, 0.5) is 5.69 Å². The van der Waals surface area contributed by atoms with Crippen LogP contribution in [-0.2, 0) is 9.59 Å². The number of hydrogen-bond donors (Lipinski definition) is 1. The number of hydrogen-bond acceptors (Lipinski definition) is 5. The lowest BCUT2D eigenvalue weighted by Crippen LogP contribution is -2.38. The summed E-state index contributed by atoms with van der Waals surface area (Å²) < 4.78 is 0. The number of aryl methyl sites for hydroxylation is 1. The molecule has 6 nitrogen and oxygen atoms in total. The van der Waals surface area contributed by atoms with Crippen LogP contribution in [0.1, 0.15) is 24.8 Å². The molecule has 0 bridgehead atoms. The van der Waals surface area contributed by atoms with Gasteiger partial charge in [0.25, 0.3) is 0 Å². The van der Waals surface area contributed by atoms with Crippen molar-refractivity contribution in [3.63, 3.8) is 0 Å². The molecule has 2 amide bonds. The number of carbonyl (C=O) groups excluding carboxylic acids is 2. The summed E-state index contributed by atoms with van der Waals surface area (Å²) in [7, 11) is 0. The minimum Gasteiger partial charge on any atom is -0.351 e. The smallest absolute Gasteiger partial charge is 0.229 e. The van der Waals surface area contributed by atoms with Gasteiger partial charge in [-0.2, -0.15) is 0 Å². The lowest BCUT2D eigenvalue weighted by molar-refractivity contribution is -0.121. The summed E-state index contributed by atoms with van der Waals surface area (Å²) >= 11 is 1.59. The lowest BCUT2D eigenvalue weighted by atomic mass is 10.2. The molecule has 3 heterocycles. The molecule has 26 heavy (non-hydrogen) atoms. The Bertz CT molecular complexity index is 787. The molecule has 0 aliphatic carbocycles. The van der Waals surface area contributed by atoms with Crippen LogP contribution in [0.15, 0.2) is 40.4 Å². The number of anilines is 1. The second-order valence-corrected chi connectivity index (χ2v) is 7.72. The van der Waals surface area contributed by atoms with E-state index in [1.807, 2.05) is 36.6 Å². The quantitative estimate of drug-likeness (QED) is 0.883. The van der Waals surface area contributed by atoms with E-state index in [4.69, 9.17) is 0 Å². The van der Waals surface area contributed by atoms with Crippen molar-refractivity contribution in [3.05, 3.63) is 40.9 Å². The molecule has 0 saturated carbocycles. The minimum atomic E-state index is -0.138. The van der Waals surface area contributed by atoms with E-state index >= 15 is 0 Å². The number of thioether (sulfide) groups is 1. The van der Waals surface area contributed by atoms with Gasteiger partial charge in [-0.1, -0.05) is 29.5 Å². The van der Waals surface area contributed by atoms with Gasteiger partial charge in [-0.25, -0.2) is 0 Å². The third-order valence-electron chi connectivity index (χ3n) is 4.84. The summed E-state index contributed by atoms with van der Waals surface area (Å²) in [5.41, 5.74) is 3.06. The molecule has 0 aromatic heterocycles. The van der Waals surface area contributed by atoms with E-state index in [1.54, 1.807) is 16.7 Å². The molecule has 1 saturated heterocycles. The summed E-state index contributed by atoms with van der Waals surface area (Å²) in [6, 6.07) is 7.76. The Morgan fingerprint density at radius 2 is 2.12 bits per heavy atom. The molecule has 136 valence electrons. The molecule has 3 aliphatic rings. The predicted octanol–water partition coefficient (Wildman–Crippen LogP) is 2.26. The van der Waals surface area contributed by atoms with Gasteiger partial charge in [0.1, 0.15) is 0 Å². The van der Waals surface area contributed by atoms with Crippen LogP contribution < -0.4 is 10.2 Å². The Morgan fingerprint density at radius 3 is 2.92 bits per heavy atom. The molecule has 0 unspecified atom stereocenters. The minimum absolute atomic E-state index is 0.0350. The maximum Gasteiger partial charge on any atom is 0.229 e. The number of fused-ring (bicyclic) bond motifs is 1. The molecular weight excluding hydrogens is 348 g/mol. The topological polar surface area (TPSA) is 65.0 Å². The molecule has 1 aromatic rings. The Morgan fingerprint density at radius 1 is 1.31 bits per heavy atom. The monoisotopic (exact) mass is 370 g/mol. The van der Waals surface area contributed by atoms with E-state index in [9.17, 15) is 9.59 Å². The highest BCUT2D eigenvalue weighted by molar-refractivity contribution is 8.16. The maximum absolute atomic E-state index is 12.5. The van der Waals surface area contributed by atoms with Gasteiger partial charge in [-0.05, 0) is 30.9 Å². The first-order valence-corrected chi connectivity index (χ1v) is 9.82. The summed E-state index contributed by atoms with van der Waals surface area (Å²) in [6.45, 7) is 4.34. The van der Waals surface area contributed by atoms with Crippen molar-refractivity contribution in [2.24, 2.45) is 4.99 Å². The number of rotatable bonds is 4. The largest absolute Gasteiger partial charge is 0.351 e. The van der Waals surface area contributed by atoms with Crippen molar-refractivity contribution in [2.45, 2.75) is 32.2 Å². The van der Waals surface area contributed by atoms with Crippen LogP contribution >= 0.6 is 11.8 Å². The van der Waals surface area contributed by atoms with Crippen molar-refractivity contribution >= 4 is 34.4 Å². The van der Waals surface area contributed by atoms with Crippen molar-refractivity contribution in [1.82, 2.24) is 10.2 Å². The second kappa shape index (κ2) is 7.15. The number of amides is 2. The van der Waals surface area contributed by atoms with Gasteiger partial charge in [0, 0.05) is 37.4 Å². The van der Waals surface area contributed by atoms with Crippen molar-refractivity contribution in [1.29, 1.82) is 0 Å². The molecule has 4 rings (SSSR count). The van der Waals surface area contributed by atoms with E-state index in [0.717, 1.165) is 41.6 Å². The molecular formula is C19H22N4O2S. The molecule has 3 aliphatic heterocycles. The highest BCUT2D eigenvalue weighted by Crippen LogP contribution is 2.30. The Hall–Kier alpha value is -2.28. The first kappa shape index (κ1) is 17.1. The zero-order chi connectivity index (χ0) is 18.1. The van der Waals surface area contributed by atoms with E-state index in [1.165, 1.54) is 0 Å². The van der Waals surface area contributed by atoms with Gasteiger partial charge in [-0.3, -0.25) is 14.6 Å². The first-order chi connectivity index (χ1) is 12.6. The predicted molar refractivity (Wildman–Crippen MR) is 104 cm³/mol. The SMILES string of the molecule is Cc1ccc(N2C[C@H](NC(=O)CC3=CSC4=NCCCN34)CC2=O)cc1. The van der Waals surface area contributed by atoms with E-state index in [2.05, 4.69) is 15.2 Å². The van der Waals surface area contributed by atoms with Crippen molar-refractivity contribution in [3.8, 4) is 0 Å². The highest BCUT2D eigenvalue weighted by atomic mass is 32.2. The van der Waals surface area contributed by atoms with Crippen molar-refractivity contribution in [2.75, 3.05) is 24.5 Å².